The lowest BCUT2D eigenvalue weighted by Crippen LogP contribution is -2.33. The third-order valence-corrected chi connectivity index (χ3v) is 4.47. The Morgan fingerprint density at radius 3 is 2.00 bits per heavy atom. The van der Waals surface area contributed by atoms with Crippen LogP contribution in [0.15, 0.2) is 10.3 Å². The van der Waals surface area contributed by atoms with E-state index in [1.807, 2.05) is 0 Å². The van der Waals surface area contributed by atoms with Gasteiger partial charge in [-0.2, -0.15) is 0 Å². The third kappa shape index (κ3) is 0.840. The zero-order valence-electron chi connectivity index (χ0n) is 8.61. The Balaban J connectivity index is 1.82. The highest BCUT2D eigenvalue weighted by molar-refractivity contribution is 6.16. The maximum Gasteiger partial charge on any atom is 0.125 e. The van der Waals surface area contributed by atoms with Crippen molar-refractivity contribution in [3.63, 3.8) is 0 Å². The summed E-state index contributed by atoms with van der Waals surface area (Å²) in [4.78, 5) is 10.5. The first-order valence-electron chi connectivity index (χ1n) is 5.81. The van der Waals surface area contributed by atoms with Gasteiger partial charge in [-0.3, -0.25) is 0 Å². The van der Waals surface area contributed by atoms with E-state index in [-0.39, 0.29) is 5.41 Å². The van der Waals surface area contributed by atoms with Crippen molar-refractivity contribution in [3.8, 4) is 0 Å². The molecule has 1 spiro atoms. The van der Waals surface area contributed by atoms with E-state index >= 15 is 0 Å². The molecule has 0 unspecified atom stereocenters. The fourth-order valence-electron chi connectivity index (χ4n) is 3.71. The van der Waals surface area contributed by atoms with Crippen molar-refractivity contribution in [1.29, 1.82) is 0 Å². The summed E-state index contributed by atoms with van der Waals surface area (Å²) in [6.07, 6.45) is 4.84. The molecule has 4 heteroatoms. The molecule has 4 nitrogen and oxygen atoms in total. The zero-order chi connectivity index (χ0) is 9.88. The predicted octanol–water partition coefficient (Wildman–Crippen LogP) is 1.57. The first kappa shape index (κ1) is 8.13. The van der Waals surface area contributed by atoms with Crippen LogP contribution in [0, 0.1) is 17.3 Å². The van der Waals surface area contributed by atoms with E-state index in [9.17, 15) is 0 Å². The van der Waals surface area contributed by atoms with E-state index in [1.54, 1.807) is 0 Å². The van der Waals surface area contributed by atoms with Crippen molar-refractivity contribution in [1.82, 2.24) is 0 Å². The highest BCUT2D eigenvalue weighted by Gasteiger charge is 2.58. The molecule has 2 fully saturated rings. The Morgan fingerprint density at radius 2 is 1.47 bits per heavy atom. The first-order valence-corrected chi connectivity index (χ1v) is 5.81. The second-order valence-corrected chi connectivity index (χ2v) is 5.10. The smallest absolute Gasteiger partial charge is 0.125 e. The average molecular weight is 206 g/mol. The molecule has 0 amide bonds. The quantitative estimate of drug-likeness (QED) is 0.603. The molecule has 0 aromatic rings. The van der Waals surface area contributed by atoms with Crippen LogP contribution < -0.4 is 0 Å². The summed E-state index contributed by atoms with van der Waals surface area (Å²) in [6, 6.07) is 0. The molecule has 0 aromatic heterocycles. The highest BCUT2D eigenvalue weighted by atomic mass is 16.6. The number of hydrogen-bond acceptors (Lipinski definition) is 4. The number of nitrogens with zero attached hydrogens (tertiary/aromatic N) is 2. The SMILES string of the molecule is C1CC2(CC[C@@H]3CON=C32)C2=NOC[C@@H]12. The molecule has 2 heterocycles. The van der Waals surface area contributed by atoms with Crippen molar-refractivity contribution < 1.29 is 9.68 Å². The van der Waals surface area contributed by atoms with Gasteiger partial charge in [0.05, 0.1) is 16.8 Å². The summed E-state index contributed by atoms with van der Waals surface area (Å²) in [6.45, 7) is 1.58. The maximum atomic E-state index is 5.24. The summed E-state index contributed by atoms with van der Waals surface area (Å²) in [5.74, 6) is 1.12. The van der Waals surface area contributed by atoms with E-state index in [4.69, 9.17) is 9.68 Å². The van der Waals surface area contributed by atoms with Crippen molar-refractivity contribution in [2.75, 3.05) is 13.2 Å². The minimum absolute atomic E-state index is 0.141. The van der Waals surface area contributed by atoms with Gasteiger partial charge in [-0.1, -0.05) is 10.3 Å². The Morgan fingerprint density at radius 1 is 0.933 bits per heavy atom. The van der Waals surface area contributed by atoms with Crippen molar-refractivity contribution in [3.05, 3.63) is 0 Å². The third-order valence-electron chi connectivity index (χ3n) is 4.47. The van der Waals surface area contributed by atoms with Crippen LogP contribution in [-0.2, 0) is 9.68 Å². The molecule has 2 aliphatic carbocycles. The Kier molecular flexibility index (Phi) is 1.38. The first-order chi connectivity index (χ1) is 7.40. The van der Waals surface area contributed by atoms with Crippen LogP contribution in [0.5, 0.6) is 0 Å². The van der Waals surface area contributed by atoms with Gasteiger partial charge in [-0.15, -0.1) is 0 Å². The van der Waals surface area contributed by atoms with Crippen LogP contribution in [0.2, 0.25) is 0 Å². The summed E-state index contributed by atoms with van der Waals surface area (Å²) in [5, 5.41) is 8.55. The molecule has 2 saturated carbocycles. The Hall–Kier alpha value is -1.06. The van der Waals surface area contributed by atoms with Gasteiger partial charge in [-0.25, -0.2) is 0 Å². The number of fused-ring (bicyclic) bond motifs is 4. The van der Waals surface area contributed by atoms with Gasteiger partial charge < -0.3 is 9.68 Å². The minimum atomic E-state index is 0.141. The highest BCUT2D eigenvalue weighted by Crippen LogP contribution is 2.53. The van der Waals surface area contributed by atoms with Crippen LogP contribution in [0.4, 0.5) is 0 Å². The second kappa shape index (κ2) is 2.54. The summed E-state index contributed by atoms with van der Waals surface area (Å²) < 4.78 is 0. The zero-order valence-corrected chi connectivity index (χ0v) is 8.61. The van der Waals surface area contributed by atoms with Crippen molar-refractivity contribution >= 4 is 11.4 Å². The molecule has 0 aromatic carbocycles. The number of rotatable bonds is 0. The van der Waals surface area contributed by atoms with Gasteiger partial charge in [0, 0.05) is 11.8 Å². The van der Waals surface area contributed by atoms with Crippen LogP contribution in [0.1, 0.15) is 25.7 Å². The van der Waals surface area contributed by atoms with E-state index in [0.717, 1.165) is 13.2 Å². The van der Waals surface area contributed by atoms with E-state index in [2.05, 4.69) is 10.3 Å². The number of hydrogen-bond donors (Lipinski definition) is 0. The van der Waals surface area contributed by atoms with Gasteiger partial charge in [0.1, 0.15) is 13.2 Å². The average Bonchev–Trinajstić information content (AvgIpc) is 2.95. The van der Waals surface area contributed by atoms with Crippen molar-refractivity contribution in [2.24, 2.45) is 27.6 Å². The molecule has 2 atom stereocenters. The predicted molar refractivity (Wildman–Crippen MR) is 54.7 cm³/mol. The second-order valence-electron chi connectivity index (χ2n) is 5.10. The van der Waals surface area contributed by atoms with Crippen molar-refractivity contribution in [2.45, 2.75) is 25.7 Å². The topological polar surface area (TPSA) is 43.2 Å². The molecule has 0 N–H and O–H groups in total. The summed E-state index contributed by atoms with van der Waals surface area (Å²) in [5.41, 5.74) is 2.69. The Bertz CT molecular complexity index is 339. The lowest BCUT2D eigenvalue weighted by molar-refractivity contribution is 0.146. The molecular weight excluding hydrogens is 192 g/mol. The minimum Gasteiger partial charge on any atom is -0.395 e. The van der Waals surface area contributed by atoms with Gasteiger partial charge in [-0.05, 0) is 25.7 Å². The molecule has 0 bridgehead atoms. The van der Waals surface area contributed by atoms with Gasteiger partial charge in [0.2, 0.25) is 0 Å². The normalized spacial score (nSPS) is 39.5. The van der Waals surface area contributed by atoms with Crippen LogP contribution in [0.3, 0.4) is 0 Å². The fraction of sp³-hybridized carbons (Fsp3) is 0.818. The molecule has 2 aliphatic heterocycles. The molecule has 15 heavy (non-hydrogen) atoms. The van der Waals surface area contributed by atoms with E-state index < -0.39 is 0 Å². The molecule has 4 aliphatic rings. The summed E-state index contributed by atoms with van der Waals surface area (Å²) in [7, 11) is 0. The van der Waals surface area contributed by atoms with E-state index in [0.29, 0.717) is 11.8 Å². The molecular formula is C11H14N2O2. The van der Waals surface area contributed by atoms with Gasteiger partial charge in [0.25, 0.3) is 0 Å². The van der Waals surface area contributed by atoms with Crippen LogP contribution in [-0.4, -0.2) is 24.6 Å². The molecule has 0 saturated heterocycles. The fourth-order valence-corrected chi connectivity index (χ4v) is 3.71. The standard InChI is InChI=1S/C11H14N2O2/c1-3-11(9-7(1)5-14-12-9)4-2-8-6-15-13-10(8)11/h7-8H,1-6H2/t7-,8-,11?/m1/s1. The number of oxime groups is 2. The lowest BCUT2D eigenvalue weighted by atomic mass is 9.79. The summed E-state index contributed by atoms with van der Waals surface area (Å²) >= 11 is 0. The monoisotopic (exact) mass is 206 g/mol. The molecule has 0 radical (unpaired) electrons. The lowest BCUT2D eigenvalue weighted by Gasteiger charge is -2.22. The van der Waals surface area contributed by atoms with Crippen LogP contribution >= 0.6 is 0 Å². The Labute approximate surface area is 88.3 Å². The molecule has 4 rings (SSSR count). The van der Waals surface area contributed by atoms with Gasteiger partial charge in [0.15, 0.2) is 0 Å². The maximum absolute atomic E-state index is 5.24. The van der Waals surface area contributed by atoms with Crippen LogP contribution in [0.25, 0.3) is 0 Å². The van der Waals surface area contributed by atoms with E-state index in [1.165, 1.54) is 37.1 Å². The largest absolute Gasteiger partial charge is 0.395 e. The van der Waals surface area contributed by atoms with Gasteiger partial charge >= 0.3 is 0 Å². The molecule has 80 valence electrons.